The molecule has 1 aliphatic heterocycles. The highest BCUT2D eigenvalue weighted by atomic mass is 35.5. The van der Waals surface area contributed by atoms with Gasteiger partial charge in [-0.3, -0.25) is 4.79 Å². The number of fused-ring (bicyclic) bond motifs is 3. The number of hydrogen-bond donors (Lipinski definition) is 1. The first-order valence-corrected chi connectivity index (χ1v) is 12.3. The number of H-pyrrole nitrogens is 1. The van der Waals surface area contributed by atoms with Gasteiger partial charge in [-0.1, -0.05) is 48.0 Å². The van der Waals surface area contributed by atoms with E-state index in [2.05, 4.69) is 46.4 Å². The van der Waals surface area contributed by atoms with Gasteiger partial charge in [0.1, 0.15) is 10.7 Å². The summed E-state index contributed by atoms with van der Waals surface area (Å²) in [6, 6.07) is 20.9. The van der Waals surface area contributed by atoms with Crippen LogP contribution in [0.4, 0.5) is 0 Å². The first-order valence-electron chi connectivity index (χ1n) is 11.1. The third-order valence-electron chi connectivity index (χ3n) is 6.39. The molecule has 0 atom stereocenters. The Morgan fingerprint density at radius 2 is 1.88 bits per heavy atom. The number of rotatable bonds is 2. The summed E-state index contributed by atoms with van der Waals surface area (Å²) in [5.41, 5.74) is 6.80. The topological polar surface area (TPSA) is 49.0 Å². The number of amides is 1. The maximum Gasteiger partial charge on any atom is 0.265 e. The van der Waals surface area contributed by atoms with Crippen LogP contribution >= 0.6 is 22.9 Å². The highest BCUT2D eigenvalue weighted by molar-refractivity contribution is 7.21. The molecule has 164 valence electrons. The van der Waals surface area contributed by atoms with Crippen LogP contribution in [0.25, 0.3) is 32.2 Å². The molecule has 0 bridgehead atoms. The maximum atomic E-state index is 13.5. The van der Waals surface area contributed by atoms with Gasteiger partial charge in [-0.05, 0) is 66.3 Å². The summed E-state index contributed by atoms with van der Waals surface area (Å²) in [6.45, 7) is 3.29. The molecular formula is C27H22ClN3OS. The lowest BCUT2D eigenvalue weighted by Crippen LogP contribution is -2.30. The van der Waals surface area contributed by atoms with Crippen molar-refractivity contribution in [3.63, 3.8) is 0 Å². The Morgan fingerprint density at radius 3 is 2.76 bits per heavy atom. The molecule has 0 radical (unpaired) electrons. The summed E-state index contributed by atoms with van der Waals surface area (Å²) in [5, 5.41) is 1.52. The van der Waals surface area contributed by atoms with Gasteiger partial charge in [0.15, 0.2) is 0 Å². The van der Waals surface area contributed by atoms with Crippen molar-refractivity contribution in [2.75, 3.05) is 6.54 Å². The standard InChI is InChI=1S/C27H22ClN3OS/c1-16-29-22-11-10-19(14-23(22)30-16)18-9-8-17-5-4-12-31(15-20(17)13-18)27(32)26-25(28)21-6-2-3-7-24(21)33-26/h2-3,6-11,13-14H,4-5,12,15H2,1H3,(H,29,30). The molecule has 0 saturated carbocycles. The van der Waals surface area contributed by atoms with Crippen molar-refractivity contribution in [2.45, 2.75) is 26.3 Å². The first-order chi connectivity index (χ1) is 16.1. The van der Waals surface area contributed by atoms with E-state index < -0.39 is 0 Å². The van der Waals surface area contributed by atoms with Gasteiger partial charge in [0.05, 0.1) is 16.1 Å². The Morgan fingerprint density at radius 1 is 1.06 bits per heavy atom. The van der Waals surface area contributed by atoms with E-state index in [0.29, 0.717) is 16.4 Å². The number of aryl methyl sites for hydroxylation is 2. The van der Waals surface area contributed by atoms with E-state index in [9.17, 15) is 4.79 Å². The van der Waals surface area contributed by atoms with Gasteiger partial charge in [0.2, 0.25) is 0 Å². The normalized spacial score (nSPS) is 13.9. The molecule has 3 heterocycles. The van der Waals surface area contributed by atoms with Gasteiger partial charge >= 0.3 is 0 Å². The zero-order chi connectivity index (χ0) is 22.5. The second kappa shape index (κ2) is 8.01. The molecule has 5 aromatic rings. The summed E-state index contributed by atoms with van der Waals surface area (Å²) in [6.07, 6.45) is 1.91. The van der Waals surface area contributed by atoms with Crippen molar-refractivity contribution in [2.24, 2.45) is 0 Å². The average Bonchev–Trinajstić information content (AvgIpc) is 3.28. The molecule has 0 fully saturated rings. The van der Waals surface area contributed by atoms with Crippen molar-refractivity contribution in [1.29, 1.82) is 0 Å². The van der Waals surface area contributed by atoms with Crippen LogP contribution in [-0.2, 0) is 13.0 Å². The minimum absolute atomic E-state index is 0.0212. The Labute approximate surface area is 200 Å². The van der Waals surface area contributed by atoms with Gasteiger partial charge < -0.3 is 9.88 Å². The molecule has 0 spiro atoms. The molecule has 1 N–H and O–H groups in total. The van der Waals surface area contributed by atoms with Crippen molar-refractivity contribution >= 4 is 50.0 Å². The van der Waals surface area contributed by atoms with Crippen LogP contribution in [0.5, 0.6) is 0 Å². The first kappa shape index (κ1) is 20.5. The van der Waals surface area contributed by atoms with E-state index in [0.717, 1.165) is 57.5 Å². The summed E-state index contributed by atoms with van der Waals surface area (Å²) in [5.74, 6) is 0.936. The van der Waals surface area contributed by atoms with Gasteiger partial charge in [-0.25, -0.2) is 4.98 Å². The largest absolute Gasteiger partial charge is 0.342 e. The van der Waals surface area contributed by atoms with Crippen molar-refractivity contribution < 1.29 is 4.79 Å². The molecule has 1 amide bonds. The summed E-state index contributed by atoms with van der Waals surface area (Å²) in [4.78, 5) is 23.9. The summed E-state index contributed by atoms with van der Waals surface area (Å²) in [7, 11) is 0. The number of imidazole rings is 1. The van der Waals surface area contributed by atoms with E-state index in [-0.39, 0.29) is 5.91 Å². The van der Waals surface area contributed by atoms with Crippen molar-refractivity contribution in [1.82, 2.24) is 14.9 Å². The number of nitrogens with zero attached hydrogens (tertiary/aromatic N) is 2. The molecule has 0 saturated heterocycles. The molecule has 0 aliphatic carbocycles. The van der Waals surface area contributed by atoms with Crippen LogP contribution in [0.1, 0.15) is 33.0 Å². The van der Waals surface area contributed by atoms with Crippen LogP contribution < -0.4 is 0 Å². The molecule has 4 nitrogen and oxygen atoms in total. The third-order valence-corrected chi connectivity index (χ3v) is 8.06. The highest BCUT2D eigenvalue weighted by Gasteiger charge is 2.25. The lowest BCUT2D eigenvalue weighted by molar-refractivity contribution is 0.0751. The van der Waals surface area contributed by atoms with Gasteiger partial charge in [-0.2, -0.15) is 0 Å². The van der Waals surface area contributed by atoms with E-state index in [1.54, 1.807) is 0 Å². The SMILES string of the molecule is Cc1nc2cc(-c3ccc4c(c3)CN(C(=O)c3sc5ccccc5c3Cl)CCC4)ccc2[nH]1. The Kier molecular flexibility index (Phi) is 4.97. The Balaban J connectivity index is 1.34. The fourth-order valence-corrected chi connectivity index (χ4v) is 6.20. The van der Waals surface area contributed by atoms with E-state index in [4.69, 9.17) is 11.6 Å². The molecule has 2 aromatic heterocycles. The minimum atomic E-state index is 0.0212. The number of hydrogen-bond acceptors (Lipinski definition) is 3. The number of halogens is 1. The van der Waals surface area contributed by atoms with Crippen LogP contribution in [0.3, 0.4) is 0 Å². The predicted octanol–water partition coefficient (Wildman–Crippen LogP) is 7.00. The monoisotopic (exact) mass is 471 g/mol. The second-order valence-electron chi connectivity index (χ2n) is 8.61. The zero-order valence-electron chi connectivity index (χ0n) is 18.2. The Bertz CT molecular complexity index is 1530. The molecule has 0 unspecified atom stereocenters. The van der Waals surface area contributed by atoms with Gasteiger partial charge in [-0.15, -0.1) is 11.3 Å². The van der Waals surface area contributed by atoms with E-state index in [1.807, 2.05) is 36.1 Å². The fraction of sp³-hybridized carbons (Fsp3) is 0.185. The van der Waals surface area contributed by atoms with Crippen LogP contribution in [0.15, 0.2) is 60.7 Å². The molecule has 6 heteroatoms. The highest BCUT2D eigenvalue weighted by Crippen LogP contribution is 2.37. The molecule has 3 aromatic carbocycles. The summed E-state index contributed by atoms with van der Waals surface area (Å²) >= 11 is 8.11. The zero-order valence-corrected chi connectivity index (χ0v) is 19.8. The van der Waals surface area contributed by atoms with Crippen LogP contribution in [0.2, 0.25) is 5.02 Å². The number of nitrogens with one attached hydrogen (secondary N) is 1. The number of carbonyl (C=O) groups excluding carboxylic acids is 1. The smallest absolute Gasteiger partial charge is 0.265 e. The lowest BCUT2D eigenvalue weighted by atomic mass is 9.97. The van der Waals surface area contributed by atoms with E-state index in [1.165, 1.54) is 22.5 Å². The van der Waals surface area contributed by atoms with Crippen LogP contribution in [-0.4, -0.2) is 27.3 Å². The maximum absolute atomic E-state index is 13.5. The summed E-state index contributed by atoms with van der Waals surface area (Å²) < 4.78 is 1.05. The predicted molar refractivity (Wildman–Crippen MR) is 136 cm³/mol. The second-order valence-corrected chi connectivity index (χ2v) is 10.0. The number of carbonyl (C=O) groups is 1. The molecule has 6 rings (SSSR count). The van der Waals surface area contributed by atoms with Gasteiger partial charge in [0.25, 0.3) is 5.91 Å². The fourth-order valence-electron chi connectivity index (χ4n) is 4.72. The van der Waals surface area contributed by atoms with E-state index >= 15 is 0 Å². The molecule has 1 aliphatic rings. The lowest BCUT2D eigenvalue weighted by Gasteiger charge is -2.21. The third kappa shape index (κ3) is 3.62. The van der Waals surface area contributed by atoms with Crippen LogP contribution in [0, 0.1) is 6.92 Å². The number of aromatic nitrogens is 2. The quantitative estimate of drug-likeness (QED) is 0.301. The van der Waals surface area contributed by atoms with Crippen molar-refractivity contribution in [3.05, 3.63) is 87.5 Å². The number of aromatic amines is 1. The van der Waals surface area contributed by atoms with Crippen molar-refractivity contribution in [3.8, 4) is 11.1 Å². The Hall–Kier alpha value is -3.15. The molecule has 33 heavy (non-hydrogen) atoms. The minimum Gasteiger partial charge on any atom is -0.342 e. The van der Waals surface area contributed by atoms with Gasteiger partial charge in [0, 0.05) is 23.2 Å². The number of thiophene rings is 1. The molecular weight excluding hydrogens is 450 g/mol. The average molecular weight is 472 g/mol. The number of benzene rings is 3.